The van der Waals surface area contributed by atoms with Crippen molar-refractivity contribution in [3.05, 3.63) is 59.2 Å². The molecular formula is C23H24N4O2. The van der Waals surface area contributed by atoms with Crippen LogP contribution in [0.3, 0.4) is 0 Å². The molecule has 0 unspecified atom stereocenters. The lowest BCUT2D eigenvalue weighted by Crippen LogP contribution is -2.10. The Morgan fingerprint density at radius 2 is 1.83 bits per heavy atom. The zero-order valence-corrected chi connectivity index (χ0v) is 16.9. The molecule has 0 radical (unpaired) electrons. The molecule has 0 fully saturated rings. The van der Waals surface area contributed by atoms with E-state index < -0.39 is 5.97 Å². The van der Waals surface area contributed by atoms with Crippen LogP contribution in [0.4, 0.5) is 5.82 Å². The van der Waals surface area contributed by atoms with E-state index in [2.05, 4.69) is 6.07 Å². The Morgan fingerprint density at radius 1 is 1.10 bits per heavy atom. The van der Waals surface area contributed by atoms with Crippen LogP contribution in [0.15, 0.2) is 42.5 Å². The molecule has 2 aromatic heterocycles. The number of anilines is 1. The standard InChI is InChI=1S/C23H24N4O2/c1-4-5-12-29-23(28)19-20-22(26-17-9-7-6-8-16(17)25-20)27(21(19)24)18-11-10-14(2)13-15(18)3/h6-11,13H,4-5,12,24H2,1-3H3. The molecule has 148 valence electrons. The minimum Gasteiger partial charge on any atom is -0.462 e. The summed E-state index contributed by atoms with van der Waals surface area (Å²) in [5.41, 5.74) is 12.3. The van der Waals surface area contributed by atoms with Gasteiger partial charge in [0, 0.05) is 0 Å². The smallest absolute Gasteiger partial charge is 0.344 e. The molecule has 0 saturated heterocycles. The Morgan fingerprint density at radius 3 is 2.52 bits per heavy atom. The number of ether oxygens (including phenoxy) is 1. The summed E-state index contributed by atoms with van der Waals surface area (Å²) in [6.45, 7) is 6.46. The third-order valence-electron chi connectivity index (χ3n) is 5.03. The number of para-hydroxylation sites is 2. The highest BCUT2D eigenvalue weighted by Gasteiger charge is 2.26. The molecule has 4 aromatic rings. The van der Waals surface area contributed by atoms with Crippen molar-refractivity contribution >= 4 is 34.0 Å². The number of carbonyl (C=O) groups is 1. The average Bonchev–Trinajstić information content (AvgIpc) is 2.97. The zero-order chi connectivity index (χ0) is 20.5. The maximum Gasteiger partial charge on any atom is 0.344 e. The van der Waals surface area contributed by atoms with Crippen molar-refractivity contribution in [2.45, 2.75) is 33.6 Å². The minimum absolute atomic E-state index is 0.273. The third kappa shape index (κ3) is 3.31. The van der Waals surface area contributed by atoms with Gasteiger partial charge in [0.05, 0.1) is 23.3 Å². The Labute approximate surface area is 169 Å². The van der Waals surface area contributed by atoms with Gasteiger partial charge in [-0.05, 0) is 44.0 Å². The molecule has 2 heterocycles. The van der Waals surface area contributed by atoms with Crippen molar-refractivity contribution in [2.24, 2.45) is 0 Å². The highest BCUT2D eigenvalue weighted by atomic mass is 16.5. The van der Waals surface area contributed by atoms with Crippen LogP contribution in [0.2, 0.25) is 0 Å². The number of esters is 1. The van der Waals surface area contributed by atoms with E-state index in [-0.39, 0.29) is 5.56 Å². The largest absolute Gasteiger partial charge is 0.462 e. The van der Waals surface area contributed by atoms with Crippen LogP contribution in [0.1, 0.15) is 41.3 Å². The van der Waals surface area contributed by atoms with E-state index in [9.17, 15) is 4.79 Å². The number of aromatic nitrogens is 3. The van der Waals surface area contributed by atoms with Gasteiger partial charge in [0.1, 0.15) is 16.9 Å². The van der Waals surface area contributed by atoms with Crippen molar-refractivity contribution < 1.29 is 9.53 Å². The van der Waals surface area contributed by atoms with E-state index in [1.807, 2.05) is 57.2 Å². The van der Waals surface area contributed by atoms with E-state index in [1.165, 1.54) is 0 Å². The predicted molar refractivity (Wildman–Crippen MR) is 115 cm³/mol. The van der Waals surface area contributed by atoms with Crippen LogP contribution in [0.5, 0.6) is 0 Å². The number of nitrogen functional groups attached to an aromatic ring is 1. The first-order valence-electron chi connectivity index (χ1n) is 9.82. The normalized spacial score (nSPS) is 11.3. The fourth-order valence-electron chi connectivity index (χ4n) is 3.54. The molecule has 6 nitrogen and oxygen atoms in total. The second-order valence-corrected chi connectivity index (χ2v) is 7.26. The van der Waals surface area contributed by atoms with Gasteiger partial charge in [-0.2, -0.15) is 0 Å². The first kappa shape index (κ1) is 18.9. The third-order valence-corrected chi connectivity index (χ3v) is 5.03. The van der Waals surface area contributed by atoms with Crippen LogP contribution < -0.4 is 5.73 Å². The topological polar surface area (TPSA) is 83.0 Å². The molecule has 29 heavy (non-hydrogen) atoms. The zero-order valence-electron chi connectivity index (χ0n) is 16.9. The molecule has 6 heteroatoms. The van der Waals surface area contributed by atoms with Crippen molar-refractivity contribution in [3.63, 3.8) is 0 Å². The Hall–Kier alpha value is -3.41. The van der Waals surface area contributed by atoms with Crippen molar-refractivity contribution in [3.8, 4) is 5.69 Å². The van der Waals surface area contributed by atoms with Gasteiger partial charge in [0.25, 0.3) is 0 Å². The first-order valence-corrected chi connectivity index (χ1v) is 9.82. The van der Waals surface area contributed by atoms with Crippen LogP contribution in [-0.2, 0) is 4.74 Å². The maximum atomic E-state index is 12.9. The lowest BCUT2D eigenvalue weighted by molar-refractivity contribution is 0.0503. The van der Waals surface area contributed by atoms with Crippen LogP contribution in [0.25, 0.3) is 27.9 Å². The number of nitrogens with zero attached hydrogens (tertiary/aromatic N) is 3. The molecule has 2 aromatic carbocycles. The average molecular weight is 388 g/mol. The van der Waals surface area contributed by atoms with E-state index >= 15 is 0 Å². The minimum atomic E-state index is -0.464. The highest BCUT2D eigenvalue weighted by molar-refractivity contribution is 6.09. The van der Waals surface area contributed by atoms with Gasteiger partial charge >= 0.3 is 5.97 Å². The van der Waals surface area contributed by atoms with Gasteiger partial charge in [-0.1, -0.05) is 43.2 Å². The number of benzene rings is 2. The molecular weight excluding hydrogens is 364 g/mol. The summed E-state index contributed by atoms with van der Waals surface area (Å²) in [6, 6.07) is 13.7. The van der Waals surface area contributed by atoms with Gasteiger partial charge < -0.3 is 10.5 Å². The second-order valence-electron chi connectivity index (χ2n) is 7.26. The summed E-state index contributed by atoms with van der Waals surface area (Å²) >= 11 is 0. The molecule has 0 bridgehead atoms. The number of carbonyl (C=O) groups excluding carboxylic acids is 1. The van der Waals surface area contributed by atoms with Crippen LogP contribution >= 0.6 is 0 Å². The summed E-state index contributed by atoms with van der Waals surface area (Å²) in [5, 5.41) is 0. The van der Waals surface area contributed by atoms with E-state index in [1.54, 1.807) is 4.57 Å². The summed E-state index contributed by atoms with van der Waals surface area (Å²) in [5.74, 6) is -0.169. The van der Waals surface area contributed by atoms with Crippen molar-refractivity contribution in [1.29, 1.82) is 0 Å². The van der Waals surface area contributed by atoms with Gasteiger partial charge in [0.2, 0.25) is 0 Å². The fourth-order valence-corrected chi connectivity index (χ4v) is 3.54. The van der Waals surface area contributed by atoms with Gasteiger partial charge in [-0.25, -0.2) is 14.8 Å². The molecule has 0 spiro atoms. The van der Waals surface area contributed by atoms with E-state index in [4.69, 9.17) is 20.4 Å². The van der Waals surface area contributed by atoms with Crippen molar-refractivity contribution in [1.82, 2.24) is 14.5 Å². The fraction of sp³-hybridized carbons (Fsp3) is 0.261. The van der Waals surface area contributed by atoms with Gasteiger partial charge in [-0.15, -0.1) is 0 Å². The Balaban J connectivity index is 2.00. The first-order chi connectivity index (χ1) is 14.0. The number of aryl methyl sites for hydroxylation is 2. The molecule has 0 atom stereocenters. The summed E-state index contributed by atoms with van der Waals surface area (Å²) in [6.07, 6.45) is 1.74. The Kier molecular flexibility index (Phi) is 4.92. The number of fused-ring (bicyclic) bond motifs is 2. The number of rotatable bonds is 5. The number of nitrogens with two attached hydrogens (primary N) is 1. The summed E-state index contributed by atoms with van der Waals surface area (Å²) in [7, 11) is 0. The molecule has 0 saturated carbocycles. The molecule has 0 aliphatic rings. The molecule has 2 N–H and O–H groups in total. The molecule has 4 rings (SSSR count). The number of unbranched alkanes of at least 4 members (excludes halogenated alkanes) is 1. The quantitative estimate of drug-likeness (QED) is 0.395. The van der Waals surface area contributed by atoms with Crippen LogP contribution in [0, 0.1) is 13.8 Å². The lowest BCUT2D eigenvalue weighted by Gasteiger charge is -2.12. The molecule has 0 aliphatic carbocycles. The van der Waals surface area contributed by atoms with Gasteiger partial charge in [-0.3, -0.25) is 4.57 Å². The summed E-state index contributed by atoms with van der Waals surface area (Å²) in [4.78, 5) is 22.4. The number of hydrogen-bond acceptors (Lipinski definition) is 5. The highest BCUT2D eigenvalue weighted by Crippen LogP contribution is 2.32. The van der Waals surface area contributed by atoms with Gasteiger partial charge in [0.15, 0.2) is 5.65 Å². The van der Waals surface area contributed by atoms with Crippen molar-refractivity contribution in [2.75, 3.05) is 12.3 Å². The van der Waals surface area contributed by atoms with E-state index in [0.717, 1.165) is 35.2 Å². The summed E-state index contributed by atoms with van der Waals surface area (Å²) < 4.78 is 7.27. The SMILES string of the molecule is CCCCOC(=O)c1c(N)n(-c2ccc(C)cc2C)c2nc3ccccc3nc12. The lowest BCUT2D eigenvalue weighted by atomic mass is 10.1. The predicted octanol–water partition coefficient (Wildman–Crippen LogP) is 4.73. The Bertz CT molecular complexity index is 1230. The van der Waals surface area contributed by atoms with Crippen LogP contribution in [-0.4, -0.2) is 27.1 Å². The maximum absolute atomic E-state index is 12.9. The molecule has 0 aliphatic heterocycles. The monoisotopic (exact) mass is 388 g/mol. The van der Waals surface area contributed by atoms with E-state index in [0.29, 0.717) is 29.1 Å². The molecule has 0 amide bonds. The number of hydrogen-bond donors (Lipinski definition) is 1. The second kappa shape index (κ2) is 7.54.